The van der Waals surface area contributed by atoms with E-state index in [4.69, 9.17) is 14.2 Å². The number of carbonyl (C=O) groups is 2. The fraction of sp³-hybridized carbons (Fsp3) is 0.375. The van der Waals surface area contributed by atoms with Gasteiger partial charge in [0.2, 0.25) is 0 Å². The molecule has 0 aliphatic carbocycles. The summed E-state index contributed by atoms with van der Waals surface area (Å²) in [4.78, 5) is 30.0. The molecule has 0 radical (unpaired) electrons. The van der Waals surface area contributed by atoms with Crippen molar-refractivity contribution in [2.24, 2.45) is 0 Å². The van der Waals surface area contributed by atoms with Crippen LogP contribution in [0, 0.1) is 18.6 Å². The number of morpholine rings is 1. The van der Waals surface area contributed by atoms with Crippen LogP contribution in [0.2, 0.25) is 0 Å². The number of aromatic nitrogens is 2. The Balaban J connectivity index is 1.77. The average molecular weight is 473 g/mol. The molecule has 3 aromatic rings. The summed E-state index contributed by atoms with van der Waals surface area (Å²) < 4.78 is 47.6. The molecule has 1 atom stereocenters. The molecule has 1 aliphatic heterocycles. The highest BCUT2D eigenvalue weighted by molar-refractivity contribution is 5.90. The number of pyridine rings is 1. The maximum Gasteiger partial charge on any atom is 0.409 e. The molecule has 10 heteroatoms. The first-order chi connectivity index (χ1) is 16.3. The highest BCUT2D eigenvalue weighted by atomic mass is 19.1. The van der Waals surface area contributed by atoms with Gasteiger partial charge in [0.05, 0.1) is 55.5 Å². The minimum Gasteiger partial charge on any atom is -0.462 e. The van der Waals surface area contributed by atoms with Crippen LogP contribution in [-0.4, -0.2) is 65.9 Å². The van der Waals surface area contributed by atoms with E-state index in [1.54, 1.807) is 23.6 Å². The van der Waals surface area contributed by atoms with Gasteiger partial charge in [-0.2, -0.15) is 0 Å². The molecule has 34 heavy (non-hydrogen) atoms. The normalized spacial score (nSPS) is 16.0. The van der Waals surface area contributed by atoms with E-state index in [1.165, 1.54) is 12.0 Å². The van der Waals surface area contributed by atoms with Crippen molar-refractivity contribution >= 4 is 17.7 Å². The third-order valence-corrected chi connectivity index (χ3v) is 5.66. The highest BCUT2D eigenvalue weighted by Gasteiger charge is 2.29. The lowest BCUT2D eigenvalue weighted by Gasteiger charge is -2.32. The monoisotopic (exact) mass is 473 g/mol. The maximum atomic E-state index is 15.2. The zero-order chi connectivity index (χ0) is 24.4. The first kappa shape index (κ1) is 23.6. The van der Waals surface area contributed by atoms with Gasteiger partial charge in [-0.1, -0.05) is 0 Å². The maximum absolute atomic E-state index is 15.2. The first-order valence-corrected chi connectivity index (χ1v) is 10.9. The Morgan fingerprint density at radius 1 is 1.24 bits per heavy atom. The number of halogens is 2. The molecule has 8 nitrogen and oxygen atoms in total. The van der Waals surface area contributed by atoms with Gasteiger partial charge in [-0.25, -0.2) is 23.4 Å². The molecule has 4 rings (SSSR count). The van der Waals surface area contributed by atoms with Crippen LogP contribution in [0.25, 0.3) is 16.9 Å². The minimum atomic E-state index is -0.926. The van der Waals surface area contributed by atoms with Gasteiger partial charge in [0.15, 0.2) is 0 Å². The summed E-state index contributed by atoms with van der Waals surface area (Å²) in [6, 6.07) is 5.57. The molecule has 180 valence electrons. The van der Waals surface area contributed by atoms with Crippen LogP contribution in [0.3, 0.4) is 0 Å². The molecule has 0 spiro atoms. The fourth-order valence-corrected chi connectivity index (χ4v) is 4.08. The number of imidazole rings is 1. The number of esters is 1. The van der Waals surface area contributed by atoms with Gasteiger partial charge < -0.3 is 23.5 Å². The van der Waals surface area contributed by atoms with E-state index in [1.807, 2.05) is 13.0 Å². The molecular weight excluding hydrogens is 448 g/mol. The smallest absolute Gasteiger partial charge is 0.409 e. The van der Waals surface area contributed by atoms with E-state index < -0.39 is 29.8 Å². The van der Waals surface area contributed by atoms with Crippen LogP contribution in [0.1, 0.15) is 28.5 Å². The van der Waals surface area contributed by atoms with Crippen molar-refractivity contribution in [3.63, 3.8) is 0 Å². The first-order valence-electron chi connectivity index (χ1n) is 10.9. The second-order valence-electron chi connectivity index (χ2n) is 7.99. The van der Waals surface area contributed by atoms with Crippen LogP contribution in [0.4, 0.5) is 13.6 Å². The van der Waals surface area contributed by atoms with E-state index >= 15 is 8.78 Å². The molecule has 1 fully saturated rings. The van der Waals surface area contributed by atoms with E-state index in [0.717, 1.165) is 17.7 Å². The SMILES string of the molecule is CCOC(=O)c1cc(F)c(-c2nc3cc(C)ccn3c2C[C@H]2CN(C(=O)OC)CCO2)c(F)c1. The van der Waals surface area contributed by atoms with Crippen LogP contribution in [0.15, 0.2) is 30.5 Å². The number of fused-ring (bicyclic) bond motifs is 1. The number of hydrogen-bond donors (Lipinski definition) is 0. The molecule has 0 bridgehead atoms. The van der Waals surface area contributed by atoms with Crippen LogP contribution < -0.4 is 0 Å². The number of benzene rings is 1. The molecule has 0 saturated carbocycles. The lowest BCUT2D eigenvalue weighted by Crippen LogP contribution is -2.46. The van der Waals surface area contributed by atoms with E-state index in [2.05, 4.69) is 4.98 Å². The fourth-order valence-electron chi connectivity index (χ4n) is 4.08. The largest absolute Gasteiger partial charge is 0.462 e. The number of rotatable bonds is 5. The summed E-state index contributed by atoms with van der Waals surface area (Å²) in [6.45, 7) is 4.55. The predicted molar refractivity (Wildman–Crippen MR) is 119 cm³/mol. The Kier molecular flexibility index (Phi) is 6.78. The summed E-state index contributed by atoms with van der Waals surface area (Å²) >= 11 is 0. The average Bonchev–Trinajstić information content (AvgIpc) is 3.15. The van der Waals surface area contributed by atoms with Crippen molar-refractivity contribution in [1.82, 2.24) is 14.3 Å². The summed E-state index contributed by atoms with van der Waals surface area (Å²) in [7, 11) is 1.31. The number of nitrogens with zero attached hydrogens (tertiary/aromatic N) is 3. The number of amides is 1. The van der Waals surface area contributed by atoms with Crippen molar-refractivity contribution in [3.05, 3.63) is 58.9 Å². The molecule has 2 aromatic heterocycles. The second kappa shape index (κ2) is 9.76. The Morgan fingerprint density at radius 3 is 2.65 bits per heavy atom. The van der Waals surface area contributed by atoms with Crippen molar-refractivity contribution in [1.29, 1.82) is 0 Å². The van der Waals surface area contributed by atoms with E-state index in [0.29, 0.717) is 24.5 Å². The van der Waals surface area contributed by atoms with Gasteiger partial charge in [0.25, 0.3) is 0 Å². The van der Waals surface area contributed by atoms with Crippen LogP contribution in [0.5, 0.6) is 0 Å². The Hall–Kier alpha value is -3.53. The van der Waals surface area contributed by atoms with Crippen molar-refractivity contribution in [2.45, 2.75) is 26.4 Å². The quantitative estimate of drug-likeness (QED) is 0.525. The van der Waals surface area contributed by atoms with Crippen molar-refractivity contribution < 1.29 is 32.6 Å². The molecule has 3 heterocycles. The Labute approximate surface area is 195 Å². The summed E-state index contributed by atoms with van der Waals surface area (Å²) in [5.74, 6) is -2.66. The van der Waals surface area contributed by atoms with E-state index in [9.17, 15) is 9.59 Å². The third-order valence-electron chi connectivity index (χ3n) is 5.66. The number of methoxy groups -OCH3 is 1. The molecule has 1 aliphatic rings. The minimum absolute atomic E-state index is 0.0870. The van der Waals surface area contributed by atoms with Crippen molar-refractivity contribution in [3.8, 4) is 11.3 Å². The van der Waals surface area contributed by atoms with Gasteiger partial charge in [0, 0.05) is 19.2 Å². The molecule has 1 aromatic carbocycles. The summed E-state index contributed by atoms with van der Waals surface area (Å²) in [6.07, 6.45) is 1.12. The molecular formula is C24H25F2N3O5. The molecule has 1 saturated heterocycles. The lowest BCUT2D eigenvalue weighted by molar-refractivity contribution is -0.0241. The zero-order valence-corrected chi connectivity index (χ0v) is 19.1. The molecule has 0 unspecified atom stereocenters. The Bertz CT molecular complexity index is 1220. The van der Waals surface area contributed by atoms with E-state index in [-0.39, 0.29) is 36.4 Å². The third kappa shape index (κ3) is 4.58. The van der Waals surface area contributed by atoms with Gasteiger partial charge in [0.1, 0.15) is 17.3 Å². The summed E-state index contributed by atoms with van der Waals surface area (Å²) in [5.41, 5.74) is 1.51. The van der Waals surface area contributed by atoms with Crippen LogP contribution >= 0.6 is 0 Å². The number of carbonyl (C=O) groups excluding carboxylic acids is 2. The zero-order valence-electron chi connectivity index (χ0n) is 19.1. The number of ether oxygens (including phenoxy) is 3. The van der Waals surface area contributed by atoms with Gasteiger partial charge in [-0.05, 0) is 43.7 Å². The number of aryl methyl sites for hydroxylation is 1. The van der Waals surface area contributed by atoms with Gasteiger partial charge >= 0.3 is 12.1 Å². The number of hydrogen-bond acceptors (Lipinski definition) is 6. The van der Waals surface area contributed by atoms with Gasteiger partial charge in [-0.15, -0.1) is 0 Å². The Morgan fingerprint density at radius 2 is 1.97 bits per heavy atom. The molecule has 1 amide bonds. The van der Waals surface area contributed by atoms with Crippen molar-refractivity contribution in [2.75, 3.05) is 33.4 Å². The lowest BCUT2D eigenvalue weighted by atomic mass is 10.0. The standard InChI is InChI=1S/C24H25F2N3O5/c1-4-33-23(30)15-10-17(25)21(18(26)11-15)22-19(29-6-5-14(2)9-20(29)27-22)12-16-13-28(7-8-34-16)24(31)32-3/h5-6,9-11,16H,4,7-8,12-13H2,1-3H3/t16-/m0/s1. The second-order valence-corrected chi connectivity index (χ2v) is 7.99. The highest BCUT2D eigenvalue weighted by Crippen LogP contribution is 2.32. The van der Waals surface area contributed by atoms with Gasteiger partial charge in [-0.3, -0.25) is 0 Å². The van der Waals surface area contributed by atoms with Crippen LogP contribution in [-0.2, 0) is 20.6 Å². The molecule has 0 N–H and O–H groups in total. The topological polar surface area (TPSA) is 82.4 Å². The summed E-state index contributed by atoms with van der Waals surface area (Å²) in [5, 5.41) is 0. The predicted octanol–water partition coefficient (Wildman–Crippen LogP) is 3.77.